The number of hydrogen-bond donors (Lipinski definition) is 1. The molecule has 0 heterocycles. The van der Waals surface area contributed by atoms with Crippen LogP contribution in [0.4, 0.5) is 0 Å². The van der Waals surface area contributed by atoms with Crippen LogP contribution >= 0.6 is 23.4 Å². The molecule has 0 saturated heterocycles. The molecule has 1 aromatic carbocycles. The van der Waals surface area contributed by atoms with E-state index in [0.717, 1.165) is 17.7 Å². The molecule has 0 fully saturated rings. The van der Waals surface area contributed by atoms with Crippen LogP contribution in [0.1, 0.15) is 12.5 Å². The second kappa shape index (κ2) is 7.38. The van der Waals surface area contributed by atoms with Crippen molar-refractivity contribution >= 4 is 33.4 Å². The maximum Gasteiger partial charge on any atom is 0.240 e. The van der Waals surface area contributed by atoms with Crippen LogP contribution in [0.2, 0.25) is 0 Å². The number of aryl methyl sites for hydroxylation is 1. The maximum absolute atomic E-state index is 12.0. The van der Waals surface area contributed by atoms with Gasteiger partial charge in [-0.2, -0.15) is 11.8 Å². The van der Waals surface area contributed by atoms with Gasteiger partial charge in [-0.05, 0) is 37.3 Å². The van der Waals surface area contributed by atoms with Crippen LogP contribution in [-0.2, 0) is 16.4 Å². The van der Waals surface area contributed by atoms with Crippen molar-refractivity contribution in [2.24, 2.45) is 0 Å². The molecule has 0 bridgehead atoms. The van der Waals surface area contributed by atoms with Crippen LogP contribution in [0.5, 0.6) is 0 Å². The summed E-state index contributed by atoms with van der Waals surface area (Å²) in [5.41, 5.74) is 1.04. The Hall–Kier alpha value is -0.230. The minimum absolute atomic E-state index is 0.0764. The highest BCUT2D eigenvalue weighted by molar-refractivity contribution is 7.98. The van der Waals surface area contributed by atoms with E-state index in [4.69, 9.17) is 11.6 Å². The molecule has 1 unspecified atom stereocenters. The maximum atomic E-state index is 12.0. The summed E-state index contributed by atoms with van der Waals surface area (Å²) in [6.45, 7) is 1.86. The summed E-state index contributed by atoms with van der Waals surface area (Å²) >= 11 is 7.25. The summed E-state index contributed by atoms with van der Waals surface area (Å²) in [5.74, 6) is 1.29. The van der Waals surface area contributed by atoms with Crippen molar-refractivity contribution in [3.05, 3.63) is 29.8 Å². The van der Waals surface area contributed by atoms with Crippen LogP contribution < -0.4 is 4.72 Å². The lowest BCUT2D eigenvalue weighted by Gasteiger charge is -2.13. The molecule has 0 aromatic heterocycles. The summed E-state index contributed by atoms with van der Waals surface area (Å²) in [4.78, 5) is 0.300. The predicted molar refractivity (Wildman–Crippen MR) is 79.0 cm³/mol. The Labute approximate surface area is 118 Å². The Kier molecular flexibility index (Phi) is 6.49. The fourth-order valence-corrected chi connectivity index (χ4v) is 3.71. The van der Waals surface area contributed by atoms with E-state index in [9.17, 15) is 8.42 Å². The molecule has 0 spiro atoms. The normalized spacial score (nSPS) is 13.5. The molecular weight excluding hydrogens is 290 g/mol. The number of rotatable bonds is 7. The van der Waals surface area contributed by atoms with Crippen molar-refractivity contribution in [2.75, 3.05) is 17.9 Å². The quantitative estimate of drug-likeness (QED) is 0.787. The molecule has 1 rings (SSSR count). The van der Waals surface area contributed by atoms with Crippen molar-refractivity contribution in [1.29, 1.82) is 0 Å². The number of sulfonamides is 1. The highest BCUT2D eigenvalue weighted by atomic mass is 35.5. The van der Waals surface area contributed by atoms with E-state index in [-0.39, 0.29) is 6.04 Å². The van der Waals surface area contributed by atoms with Gasteiger partial charge in [-0.25, -0.2) is 13.1 Å². The smallest absolute Gasteiger partial charge is 0.208 e. The zero-order valence-electron chi connectivity index (χ0n) is 10.5. The second-order valence-electron chi connectivity index (χ2n) is 4.06. The van der Waals surface area contributed by atoms with Gasteiger partial charge in [0.15, 0.2) is 0 Å². The third-order valence-electron chi connectivity index (χ3n) is 2.39. The lowest BCUT2D eigenvalue weighted by atomic mass is 10.2. The van der Waals surface area contributed by atoms with E-state index in [2.05, 4.69) is 4.72 Å². The molecule has 0 amide bonds. The standard InChI is InChI=1S/C12H18ClNO2S2/c1-10(9-17-2)14-18(15,16)12-5-3-11(4-6-12)7-8-13/h3-6,10,14H,7-9H2,1-2H3. The lowest BCUT2D eigenvalue weighted by Crippen LogP contribution is -2.34. The lowest BCUT2D eigenvalue weighted by molar-refractivity contribution is 0.571. The van der Waals surface area contributed by atoms with E-state index in [1.54, 1.807) is 36.0 Å². The molecule has 0 radical (unpaired) electrons. The highest BCUT2D eigenvalue weighted by Gasteiger charge is 2.16. The Morgan fingerprint density at radius 1 is 1.33 bits per heavy atom. The number of thioether (sulfide) groups is 1. The second-order valence-corrected chi connectivity index (χ2v) is 7.06. The highest BCUT2D eigenvalue weighted by Crippen LogP contribution is 2.12. The average Bonchev–Trinajstić information content (AvgIpc) is 2.29. The molecule has 0 aliphatic carbocycles. The summed E-state index contributed by atoms with van der Waals surface area (Å²) in [6, 6.07) is 6.77. The third kappa shape index (κ3) is 4.80. The minimum atomic E-state index is -3.41. The zero-order chi connectivity index (χ0) is 13.6. The van der Waals surface area contributed by atoms with Crippen LogP contribution in [0.3, 0.4) is 0 Å². The van der Waals surface area contributed by atoms with Crippen LogP contribution in [0.25, 0.3) is 0 Å². The monoisotopic (exact) mass is 307 g/mol. The van der Waals surface area contributed by atoms with E-state index in [1.807, 2.05) is 13.2 Å². The van der Waals surface area contributed by atoms with Crippen molar-refractivity contribution in [3.8, 4) is 0 Å². The first-order chi connectivity index (χ1) is 8.49. The largest absolute Gasteiger partial charge is 0.240 e. The Balaban J connectivity index is 2.78. The number of benzene rings is 1. The Morgan fingerprint density at radius 2 is 1.94 bits per heavy atom. The van der Waals surface area contributed by atoms with Crippen LogP contribution in [0, 0.1) is 0 Å². The van der Waals surface area contributed by atoms with E-state index < -0.39 is 10.0 Å². The molecule has 3 nitrogen and oxygen atoms in total. The van der Waals surface area contributed by atoms with Gasteiger partial charge in [-0.3, -0.25) is 0 Å². The van der Waals surface area contributed by atoms with Gasteiger partial charge in [0.1, 0.15) is 0 Å². The van der Waals surface area contributed by atoms with Gasteiger partial charge in [-0.15, -0.1) is 11.6 Å². The van der Waals surface area contributed by atoms with Gasteiger partial charge < -0.3 is 0 Å². The summed E-state index contributed by atoms with van der Waals surface area (Å²) in [5, 5.41) is 0. The van der Waals surface area contributed by atoms with Gasteiger partial charge >= 0.3 is 0 Å². The van der Waals surface area contributed by atoms with E-state index in [1.165, 1.54) is 0 Å². The average molecular weight is 308 g/mol. The topological polar surface area (TPSA) is 46.2 Å². The molecular formula is C12H18ClNO2S2. The third-order valence-corrected chi connectivity index (χ3v) is 5.02. The van der Waals surface area contributed by atoms with Crippen molar-refractivity contribution < 1.29 is 8.42 Å². The van der Waals surface area contributed by atoms with Crippen molar-refractivity contribution in [3.63, 3.8) is 0 Å². The molecule has 1 atom stereocenters. The minimum Gasteiger partial charge on any atom is -0.208 e. The predicted octanol–water partition coefficient (Wildman–Crippen LogP) is 2.50. The molecule has 18 heavy (non-hydrogen) atoms. The van der Waals surface area contributed by atoms with Gasteiger partial charge in [0.05, 0.1) is 4.90 Å². The fourth-order valence-electron chi connectivity index (χ4n) is 1.56. The SMILES string of the molecule is CSCC(C)NS(=O)(=O)c1ccc(CCCl)cc1. The molecule has 0 saturated carbocycles. The molecule has 0 aliphatic rings. The summed E-state index contributed by atoms with van der Waals surface area (Å²) in [7, 11) is -3.41. The molecule has 102 valence electrons. The van der Waals surface area contributed by atoms with Gasteiger partial charge in [0, 0.05) is 17.7 Å². The number of alkyl halides is 1. The first-order valence-corrected chi connectivity index (χ1v) is 9.07. The number of nitrogens with one attached hydrogen (secondary N) is 1. The molecule has 1 N–H and O–H groups in total. The fraction of sp³-hybridized carbons (Fsp3) is 0.500. The molecule has 6 heteroatoms. The van der Waals surface area contributed by atoms with Crippen molar-refractivity contribution in [1.82, 2.24) is 4.72 Å². The first kappa shape index (κ1) is 15.8. The van der Waals surface area contributed by atoms with Crippen LogP contribution in [-0.4, -0.2) is 32.3 Å². The van der Waals surface area contributed by atoms with Gasteiger partial charge in [0.25, 0.3) is 0 Å². The van der Waals surface area contributed by atoms with Gasteiger partial charge in [0.2, 0.25) is 10.0 Å². The molecule has 0 aliphatic heterocycles. The molecule has 1 aromatic rings. The first-order valence-electron chi connectivity index (χ1n) is 5.65. The summed E-state index contributed by atoms with van der Waals surface area (Å²) in [6.07, 6.45) is 2.70. The van der Waals surface area contributed by atoms with Gasteiger partial charge in [-0.1, -0.05) is 12.1 Å². The van der Waals surface area contributed by atoms with Crippen molar-refractivity contribution in [2.45, 2.75) is 24.3 Å². The number of hydrogen-bond acceptors (Lipinski definition) is 3. The van der Waals surface area contributed by atoms with E-state index >= 15 is 0 Å². The number of halogens is 1. The zero-order valence-corrected chi connectivity index (χ0v) is 12.9. The summed E-state index contributed by atoms with van der Waals surface area (Å²) < 4.78 is 26.7. The Morgan fingerprint density at radius 3 is 2.44 bits per heavy atom. The van der Waals surface area contributed by atoms with Crippen LogP contribution in [0.15, 0.2) is 29.2 Å². The Bertz CT molecular complexity index is 459. The van der Waals surface area contributed by atoms with E-state index in [0.29, 0.717) is 10.8 Å².